The van der Waals surface area contributed by atoms with Crippen LogP contribution in [0.4, 0.5) is 5.69 Å². The van der Waals surface area contributed by atoms with E-state index < -0.39 is 19.7 Å². The van der Waals surface area contributed by atoms with Gasteiger partial charge in [-0.05, 0) is 49.0 Å². The third kappa shape index (κ3) is 4.00. The zero-order valence-electron chi connectivity index (χ0n) is 17.1. The molecule has 2 aliphatic heterocycles. The molecule has 2 aromatic rings. The Hall–Kier alpha value is -2.62. The number of hydrogen-bond donors (Lipinski definition) is 1. The summed E-state index contributed by atoms with van der Waals surface area (Å²) in [6.07, 6.45) is 2.77. The van der Waals surface area contributed by atoms with Crippen LogP contribution in [-0.4, -0.2) is 52.6 Å². The van der Waals surface area contributed by atoms with E-state index in [4.69, 9.17) is 0 Å². The van der Waals surface area contributed by atoms with Crippen LogP contribution in [0.1, 0.15) is 29.6 Å². The number of anilines is 1. The highest BCUT2D eigenvalue weighted by molar-refractivity contribution is 7.99. The topological polar surface area (TPSA) is 86.8 Å². The van der Waals surface area contributed by atoms with Crippen LogP contribution in [0.25, 0.3) is 0 Å². The lowest BCUT2D eigenvalue weighted by atomic mass is 10.2. The summed E-state index contributed by atoms with van der Waals surface area (Å²) in [6.45, 7) is 4.98. The summed E-state index contributed by atoms with van der Waals surface area (Å²) in [5, 5.41) is 3.04. The number of carbonyl (C=O) groups excluding carboxylic acids is 1. The minimum absolute atomic E-state index is 0.0149. The summed E-state index contributed by atoms with van der Waals surface area (Å²) < 4.78 is 41.7. The van der Waals surface area contributed by atoms with E-state index in [1.54, 1.807) is 48.5 Å². The molecule has 1 unspecified atom stereocenters. The molecule has 1 fully saturated rings. The molecular weight excluding hydrogens is 434 g/mol. The normalized spacial score (nSPS) is 21.7. The molecule has 31 heavy (non-hydrogen) atoms. The highest BCUT2D eigenvalue weighted by Crippen LogP contribution is 2.31. The number of rotatable bonds is 6. The van der Waals surface area contributed by atoms with Gasteiger partial charge in [-0.25, -0.2) is 12.6 Å². The van der Waals surface area contributed by atoms with Crippen molar-refractivity contribution in [2.24, 2.45) is 0 Å². The summed E-state index contributed by atoms with van der Waals surface area (Å²) in [5.41, 5.74) is 1.32. The fourth-order valence-corrected chi connectivity index (χ4v) is 7.21. The van der Waals surface area contributed by atoms with Crippen LogP contribution in [0.5, 0.6) is 0 Å². The molecule has 7 nitrogen and oxygen atoms in total. The highest BCUT2D eigenvalue weighted by Gasteiger charge is 2.36. The number of fused-ring (bicyclic) bond motifs is 1. The number of piperidine rings is 1. The third-order valence-electron chi connectivity index (χ3n) is 5.49. The first kappa shape index (κ1) is 21.6. The van der Waals surface area contributed by atoms with Crippen molar-refractivity contribution < 1.29 is 17.4 Å². The quantitative estimate of drug-likeness (QED) is 0.671. The van der Waals surface area contributed by atoms with Gasteiger partial charge >= 0.3 is 0 Å². The Labute approximate surface area is 183 Å². The van der Waals surface area contributed by atoms with Crippen molar-refractivity contribution in [3.8, 4) is 0 Å². The monoisotopic (exact) mass is 459 g/mol. The van der Waals surface area contributed by atoms with Crippen molar-refractivity contribution in [3.05, 3.63) is 66.4 Å². The van der Waals surface area contributed by atoms with E-state index >= 15 is 0 Å². The molecule has 0 aliphatic carbocycles. The lowest BCUT2D eigenvalue weighted by Gasteiger charge is -2.26. The van der Waals surface area contributed by atoms with Gasteiger partial charge < -0.3 is 5.32 Å². The van der Waals surface area contributed by atoms with Crippen LogP contribution < -0.4 is 5.32 Å². The average Bonchev–Trinajstić information content (AvgIpc) is 2.95. The van der Waals surface area contributed by atoms with Crippen LogP contribution >= 0.6 is 0 Å². The molecule has 2 aromatic carbocycles. The van der Waals surface area contributed by atoms with Gasteiger partial charge in [0.2, 0.25) is 10.0 Å². The maximum absolute atomic E-state index is 13.1. The van der Waals surface area contributed by atoms with E-state index in [-0.39, 0.29) is 17.3 Å². The lowest BCUT2D eigenvalue weighted by molar-refractivity contribution is 0.0882. The van der Waals surface area contributed by atoms with Crippen molar-refractivity contribution in [1.82, 2.24) is 8.61 Å². The standard InChI is InChI=1S/C22H25N3O4S2/c1-17(16-25-22(26)20-11-4-5-12-21(20)30(25,2)27)23-18-9-8-10-19(15-18)31(28,29)24-13-6-3-7-14-24/h4-5,8-12,15,23H,1-3,6-7,13-14,16H2. The predicted molar refractivity (Wildman–Crippen MR) is 123 cm³/mol. The second kappa shape index (κ2) is 8.14. The van der Waals surface area contributed by atoms with Gasteiger partial charge in [-0.15, -0.1) is 0 Å². The number of amides is 1. The molecule has 1 saturated heterocycles. The molecule has 164 valence electrons. The molecule has 0 spiro atoms. The van der Waals surface area contributed by atoms with Gasteiger partial charge in [0.05, 0.1) is 31.6 Å². The van der Waals surface area contributed by atoms with Gasteiger partial charge in [0, 0.05) is 24.5 Å². The molecule has 4 rings (SSSR count). The second-order valence-corrected chi connectivity index (χ2v) is 11.8. The second-order valence-electron chi connectivity index (χ2n) is 7.70. The lowest BCUT2D eigenvalue weighted by Crippen LogP contribution is -2.35. The molecular formula is C22H25N3O4S2. The van der Waals surface area contributed by atoms with Gasteiger partial charge in [0.1, 0.15) is 0 Å². The van der Waals surface area contributed by atoms with Gasteiger partial charge in [0.15, 0.2) is 0 Å². The SMILES string of the molecule is C=C(CN1C(=O)c2ccccc2S1(=C)=O)Nc1cccc(S(=O)(=O)N2CCCCC2)c1. The van der Waals surface area contributed by atoms with Crippen molar-refractivity contribution in [1.29, 1.82) is 0 Å². The minimum Gasteiger partial charge on any atom is -0.358 e. The molecule has 9 heteroatoms. The van der Waals surface area contributed by atoms with E-state index in [1.165, 1.54) is 8.61 Å². The van der Waals surface area contributed by atoms with E-state index in [0.717, 1.165) is 19.3 Å². The van der Waals surface area contributed by atoms with E-state index in [0.29, 0.717) is 34.9 Å². The Morgan fingerprint density at radius 2 is 1.77 bits per heavy atom. The molecule has 0 saturated carbocycles. The van der Waals surface area contributed by atoms with Crippen molar-refractivity contribution in [2.75, 3.05) is 25.0 Å². The zero-order valence-corrected chi connectivity index (χ0v) is 18.8. The number of sulfonamides is 1. The van der Waals surface area contributed by atoms with Crippen LogP contribution in [0.15, 0.2) is 70.6 Å². The van der Waals surface area contributed by atoms with Crippen LogP contribution in [-0.2, 0) is 19.7 Å². The van der Waals surface area contributed by atoms with E-state index in [2.05, 4.69) is 17.8 Å². The molecule has 1 N–H and O–H groups in total. The van der Waals surface area contributed by atoms with E-state index in [1.807, 2.05) is 0 Å². The summed E-state index contributed by atoms with van der Waals surface area (Å²) in [4.78, 5) is 13.3. The molecule has 2 heterocycles. The molecule has 0 radical (unpaired) electrons. The Morgan fingerprint density at radius 3 is 2.48 bits per heavy atom. The zero-order chi connectivity index (χ0) is 22.2. The third-order valence-corrected chi connectivity index (χ3v) is 9.43. The first-order valence-electron chi connectivity index (χ1n) is 10.0. The Bertz CT molecular complexity index is 1250. The Morgan fingerprint density at radius 1 is 1.06 bits per heavy atom. The van der Waals surface area contributed by atoms with Gasteiger partial charge in [-0.3, -0.25) is 9.10 Å². The summed E-state index contributed by atoms with van der Waals surface area (Å²) in [6, 6.07) is 13.2. The maximum atomic E-state index is 13.1. The highest BCUT2D eigenvalue weighted by atomic mass is 32.2. The molecule has 1 amide bonds. The molecule has 2 aliphatic rings. The fourth-order valence-electron chi connectivity index (χ4n) is 3.89. The molecule has 0 aromatic heterocycles. The first-order valence-corrected chi connectivity index (χ1v) is 13.2. The number of carbonyl (C=O) groups is 1. The van der Waals surface area contributed by atoms with Gasteiger partial charge in [-0.2, -0.15) is 4.31 Å². The van der Waals surface area contributed by atoms with Crippen molar-refractivity contribution in [3.63, 3.8) is 0 Å². The van der Waals surface area contributed by atoms with Gasteiger partial charge in [-0.1, -0.05) is 31.2 Å². The molecule has 0 bridgehead atoms. The number of nitrogens with zero attached hydrogens (tertiary/aromatic N) is 2. The predicted octanol–water partition coefficient (Wildman–Crippen LogP) is 2.93. The Kier molecular flexibility index (Phi) is 5.67. The average molecular weight is 460 g/mol. The minimum atomic E-state index is -3.56. The number of nitrogens with one attached hydrogen (secondary N) is 1. The van der Waals surface area contributed by atoms with Crippen molar-refractivity contribution >= 4 is 37.2 Å². The van der Waals surface area contributed by atoms with Gasteiger partial charge in [0.25, 0.3) is 5.91 Å². The van der Waals surface area contributed by atoms with Crippen LogP contribution in [0, 0.1) is 0 Å². The summed E-state index contributed by atoms with van der Waals surface area (Å²) in [5.74, 6) is 3.42. The first-order chi connectivity index (χ1) is 14.7. The van der Waals surface area contributed by atoms with Crippen LogP contribution in [0.2, 0.25) is 0 Å². The summed E-state index contributed by atoms with van der Waals surface area (Å²) in [7, 11) is -6.51. The van der Waals surface area contributed by atoms with E-state index in [9.17, 15) is 17.4 Å². The smallest absolute Gasteiger partial charge is 0.266 e. The number of benzene rings is 2. The van der Waals surface area contributed by atoms with Crippen LogP contribution in [0.3, 0.4) is 0 Å². The molecule has 1 atom stereocenters. The Balaban J connectivity index is 1.50. The maximum Gasteiger partial charge on any atom is 0.266 e. The fraction of sp³-hybridized carbons (Fsp3) is 0.273. The number of hydrogen-bond acceptors (Lipinski definition) is 5. The summed E-state index contributed by atoms with van der Waals surface area (Å²) >= 11 is 0. The largest absolute Gasteiger partial charge is 0.358 e. The van der Waals surface area contributed by atoms with Crippen molar-refractivity contribution in [2.45, 2.75) is 29.1 Å².